The van der Waals surface area contributed by atoms with Gasteiger partial charge in [-0.2, -0.15) is 0 Å². The molecule has 0 amide bonds. The highest BCUT2D eigenvalue weighted by Crippen LogP contribution is 2.22. The van der Waals surface area contributed by atoms with Crippen molar-refractivity contribution in [2.75, 3.05) is 20.3 Å². The summed E-state index contributed by atoms with van der Waals surface area (Å²) in [5, 5.41) is 27.8. The summed E-state index contributed by atoms with van der Waals surface area (Å²) in [4.78, 5) is 0. The summed E-state index contributed by atoms with van der Waals surface area (Å²) in [6, 6.07) is 0. The zero-order chi connectivity index (χ0) is 9.19. The monoisotopic (exact) mass is 178 g/mol. The van der Waals surface area contributed by atoms with Crippen LogP contribution in [-0.2, 0) is 9.47 Å². The van der Waals surface area contributed by atoms with Gasteiger partial charge in [-0.15, -0.1) is 0 Å². The Bertz CT molecular complexity index is 151. The highest BCUT2D eigenvalue weighted by Gasteiger charge is 2.39. The predicted molar refractivity (Wildman–Crippen MR) is 39.4 cm³/mol. The minimum Gasteiger partial charge on any atom is -0.390 e. The summed E-state index contributed by atoms with van der Waals surface area (Å²) < 4.78 is 9.61. The number of aliphatic hydroxyl groups excluding tert-OH is 2. The van der Waals surface area contributed by atoms with Crippen molar-refractivity contribution in [1.82, 2.24) is 0 Å². The van der Waals surface area contributed by atoms with Crippen molar-refractivity contribution in [3.05, 3.63) is 0 Å². The van der Waals surface area contributed by atoms with Gasteiger partial charge in [0.1, 0.15) is 12.7 Å². The molecule has 1 aliphatic rings. The molecule has 0 aromatic rings. The smallest absolute Gasteiger partial charge is 0.191 e. The van der Waals surface area contributed by atoms with Gasteiger partial charge < -0.3 is 24.8 Å². The number of methoxy groups -OCH3 is 1. The average Bonchev–Trinajstić information content (AvgIpc) is 1.98. The largest absolute Gasteiger partial charge is 0.390 e. The van der Waals surface area contributed by atoms with E-state index in [0.717, 1.165) is 0 Å². The van der Waals surface area contributed by atoms with Gasteiger partial charge in [0.2, 0.25) is 0 Å². The number of rotatable bonds is 2. The van der Waals surface area contributed by atoms with Crippen molar-refractivity contribution in [2.45, 2.75) is 24.4 Å². The average molecular weight is 178 g/mol. The van der Waals surface area contributed by atoms with Crippen LogP contribution in [0.1, 0.15) is 6.42 Å². The maximum Gasteiger partial charge on any atom is 0.191 e. The summed E-state index contributed by atoms with van der Waals surface area (Å²) in [6.45, 7) is -0.0716. The summed E-state index contributed by atoms with van der Waals surface area (Å²) in [5.74, 6) is -1.45. The summed E-state index contributed by atoms with van der Waals surface area (Å²) >= 11 is 0. The maximum atomic E-state index is 9.54. The van der Waals surface area contributed by atoms with Crippen molar-refractivity contribution in [3.8, 4) is 0 Å². The minimum absolute atomic E-state index is 0.00319. The molecule has 1 fully saturated rings. The zero-order valence-electron chi connectivity index (χ0n) is 6.93. The second kappa shape index (κ2) is 3.68. The van der Waals surface area contributed by atoms with Crippen LogP contribution in [0.2, 0.25) is 0 Å². The third-order valence-corrected chi connectivity index (χ3v) is 1.86. The molecule has 72 valence electrons. The molecule has 0 bridgehead atoms. The van der Waals surface area contributed by atoms with E-state index in [-0.39, 0.29) is 19.6 Å². The van der Waals surface area contributed by atoms with Crippen LogP contribution >= 0.6 is 0 Å². The Morgan fingerprint density at radius 1 is 1.50 bits per heavy atom. The third kappa shape index (κ3) is 2.15. The highest BCUT2D eigenvalue weighted by atomic mass is 16.7. The molecule has 12 heavy (non-hydrogen) atoms. The predicted octanol–water partition coefficient (Wildman–Crippen LogP) is -1.54. The normalized spacial score (nSPS) is 43.0. The van der Waals surface area contributed by atoms with Crippen LogP contribution in [0.5, 0.6) is 0 Å². The molecule has 5 nitrogen and oxygen atoms in total. The van der Waals surface area contributed by atoms with Gasteiger partial charge in [-0.25, -0.2) is 0 Å². The first-order valence-electron chi connectivity index (χ1n) is 3.79. The zero-order valence-corrected chi connectivity index (χ0v) is 6.93. The first-order valence-corrected chi connectivity index (χ1v) is 3.79. The van der Waals surface area contributed by atoms with E-state index in [1.54, 1.807) is 0 Å². The van der Waals surface area contributed by atoms with Gasteiger partial charge in [-0.3, -0.25) is 0 Å². The first-order chi connectivity index (χ1) is 5.57. The Morgan fingerprint density at radius 3 is 2.67 bits per heavy atom. The van der Waals surface area contributed by atoms with Crippen molar-refractivity contribution >= 4 is 0 Å². The number of ether oxygens (including phenoxy) is 2. The second-order valence-electron chi connectivity index (χ2n) is 3.03. The molecule has 1 heterocycles. The SMILES string of the molecule is COCC1(O)CC(O)C(O)CO1. The van der Waals surface area contributed by atoms with Crippen LogP contribution in [0, 0.1) is 0 Å². The first kappa shape index (κ1) is 9.88. The Morgan fingerprint density at radius 2 is 2.17 bits per heavy atom. The van der Waals surface area contributed by atoms with E-state index in [0.29, 0.717) is 0 Å². The fraction of sp³-hybridized carbons (Fsp3) is 1.00. The Kier molecular flexibility index (Phi) is 3.03. The molecule has 0 spiro atoms. The molecule has 3 N–H and O–H groups in total. The van der Waals surface area contributed by atoms with E-state index in [1.807, 2.05) is 0 Å². The number of hydrogen-bond donors (Lipinski definition) is 3. The van der Waals surface area contributed by atoms with Gasteiger partial charge in [0.15, 0.2) is 5.79 Å². The maximum absolute atomic E-state index is 9.54. The van der Waals surface area contributed by atoms with Crippen LogP contribution in [0.15, 0.2) is 0 Å². The molecular formula is C7H14O5. The van der Waals surface area contributed by atoms with Gasteiger partial charge in [0, 0.05) is 13.5 Å². The molecule has 0 saturated carbocycles. The van der Waals surface area contributed by atoms with Gasteiger partial charge in [-0.05, 0) is 0 Å². The second-order valence-corrected chi connectivity index (χ2v) is 3.03. The Balaban J connectivity index is 2.48. The molecule has 1 saturated heterocycles. The molecule has 3 atom stereocenters. The van der Waals surface area contributed by atoms with Crippen molar-refractivity contribution < 1.29 is 24.8 Å². The molecule has 0 radical (unpaired) electrons. The lowest BCUT2D eigenvalue weighted by molar-refractivity contribution is -0.284. The van der Waals surface area contributed by atoms with Crippen molar-refractivity contribution in [3.63, 3.8) is 0 Å². The summed E-state index contributed by atoms with van der Waals surface area (Å²) in [5.41, 5.74) is 0. The van der Waals surface area contributed by atoms with E-state index in [1.165, 1.54) is 7.11 Å². The van der Waals surface area contributed by atoms with Gasteiger partial charge >= 0.3 is 0 Å². The van der Waals surface area contributed by atoms with Crippen molar-refractivity contribution in [2.24, 2.45) is 0 Å². The molecule has 5 heteroatoms. The molecule has 1 aliphatic heterocycles. The molecule has 1 rings (SSSR count). The summed E-state index contributed by atoms with van der Waals surface area (Å²) in [7, 11) is 1.43. The third-order valence-electron chi connectivity index (χ3n) is 1.86. The van der Waals surface area contributed by atoms with Gasteiger partial charge in [0.05, 0.1) is 12.7 Å². The Labute approximate surface area is 70.5 Å². The molecule has 0 aliphatic carbocycles. The van der Waals surface area contributed by atoms with Gasteiger partial charge in [-0.1, -0.05) is 0 Å². The van der Waals surface area contributed by atoms with Crippen LogP contribution in [-0.4, -0.2) is 53.6 Å². The molecule has 0 aromatic carbocycles. The lowest BCUT2D eigenvalue weighted by Crippen LogP contribution is -2.51. The Hall–Kier alpha value is -0.200. The van der Waals surface area contributed by atoms with Crippen LogP contribution < -0.4 is 0 Å². The van der Waals surface area contributed by atoms with Crippen LogP contribution in [0.4, 0.5) is 0 Å². The highest BCUT2D eigenvalue weighted by molar-refractivity contribution is 4.82. The minimum atomic E-state index is -1.45. The molecule has 3 unspecified atom stereocenters. The fourth-order valence-electron chi connectivity index (χ4n) is 1.20. The van der Waals surface area contributed by atoms with Crippen LogP contribution in [0.3, 0.4) is 0 Å². The standard InChI is InChI=1S/C7H14O5/c1-11-4-7(10)2-5(8)6(9)3-12-7/h5-6,8-10H,2-4H2,1H3. The topological polar surface area (TPSA) is 79.2 Å². The van der Waals surface area contributed by atoms with E-state index in [4.69, 9.17) is 14.6 Å². The van der Waals surface area contributed by atoms with E-state index < -0.39 is 18.0 Å². The summed E-state index contributed by atoms with van der Waals surface area (Å²) in [6.07, 6.45) is -1.89. The van der Waals surface area contributed by atoms with Crippen molar-refractivity contribution in [1.29, 1.82) is 0 Å². The van der Waals surface area contributed by atoms with E-state index in [9.17, 15) is 10.2 Å². The molecule has 0 aromatic heterocycles. The fourth-order valence-corrected chi connectivity index (χ4v) is 1.20. The quantitative estimate of drug-likeness (QED) is 0.478. The van der Waals surface area contributed by atoms with Gasteiger partial charge in [0.25, 0.3) is 0 Å². The van der Waals surface area contributed by atoms with Crippen LogP contribution in [0.25, 0.3) is 0 Å². The number of aliphatic hydroxyl groups is 3. The lowest BCUT2D eigenvalue weighted by Gasteiger charge is -2.36. The lowest BCUT2D eigenvalue weighted by atomic mass is 10.0. The van der Waals surface area contributed by atoms with E-state index >= 15 is 0 Å². The molecular weight excluding hydrogens is 164 g/mol. The number of hydrogen-bond acceptors (Lipinski definition) is 5. The van der Waals surface area contributed by atoms with E-state index in [2.05, 4.69) is 0 Å².